The molecule has 0 fully saturated rings. The average molecular weight is 236 g/mol. The summed E-state index contributed by atoms with van der Waals surface area (Å²) in [6.45, 7) is 4.07. The summed E-state index contributed by atoms with van der Waals surface area (Å²) in [5.74, 6) is 0.888. The van der Waals surface area contributed by atoms with Crippen LogP contribution >= 0.6 is 0 Å². The molecule has 1 atom stereocenters. The van der Waals surface area contributed by atoms with E-state index in [4.69, 9.17) is 9.47 Å². The summed E-state index contributed by atoms with van der Waals surface area (Å²) >= 11 is 0. The van der Waals surface area contributed by atoms with E-state index in [1.54, 1.807) is 7.11 Å². The van der Waals surface area contributed by atoms with Crippen LogP contribution in [0.4, 0.5) is 0 Å². The summed E-state index contributed by atoms with van der Waals surface area (Å²) in [4.78, 5) is 11.3. The van der Waals surface area contributed by atoms with Crippen molar-refractivity contribution < 1.29 is 14.3 Å². The van der Waals surface area contributed by atoms with Crippen molar-refractivity contribution in [2.24, 2.45) is 0 Å². The zero-order valence-corrected chi connectivity index (χ0v) is 10.9. The van der Waals surface area contributed by atoms with Crippen LogP contribution in [0.2, 0.25) is 0 Å². The molecule has 0 N–H and O–H groups in total. The van der Waals surface area contributed by atoms with E-state index in [0.717, 1.165) is 23.3 Å². The number of rotatable bonds is 5. The van der Waals surface area contributed by atoms with Crippen molar-refractivity contribution in [1.29, 1.82) is 0 Å². The van der Waals surface area contributed by atoms with Gasteiger partial charge in [0, 0.05) is 0 Å². The van der Waals surface area contributed by atoms with Crippen molar-refractivity contribution in [2.75, 3.05) is 14.2 Å². The fraction of sp³-hybridized carbons (Fsp3) is 0.500. The maximum absolute atomic E-state index is 11.3. The van der Waals surface area contributed by atoms with Gasteiger partial charge in [0.05, 0.1) is 20.6 Å². The van der Waals surface area contributed by atoms with Crippen molar-refractivity contribution >= 4 is 5.97 Å². The molecular weight excluding hydrogens is 216 g/mol. The summed E-state index contributed by atoms with van der Waals surface area (Å²) in [6, 6.07) is 6.08. The zero-order chi connectivity index (χ0) is 12.8. The Labute approximate surface area is 103 Å². The summed E-state index contributed by atoms with van der Waals surface area (Å²) in [7, 11) is 3.08. The fourth-order valence-electron chi connectivity index (χ4n) is 1.87. The van der Waals surface area contributed by atoms with E-state index in [-0.39, 0.29) is 11.9 Å². The van der Waals surface area contributed by atoms with Crippen LogP contribution in [-0.4, -0.2) is 20.2 Å². The third-order valence-corrected chi connectivity index (χ3v) is 3.04. The van der Waals surface area contributed by atoms with Crippen LogP contribution in [0.5, 0.6) is 5.75 Å². The number of carbonyl (C=O) groups is 1. The Balaban J connectivity index is 2.91. The molecule has 0 aromatic heterocycles. The number of esters is 1. The first-order chi connectivity index (χ1) is 8.12. The summed E-state index contributed by atoms with van der Waals surface area (Å²) in [5, 5.41) is 0. The van der Waals surface area contributed by atoms with Crippen molar-refractivity contribution in [1.82, 2.24) is 0 Å². The van der Waals surface area contributed by atoms with Crippen LogP contribution in [0.3, 0.4) is 0 Å². The molecule has 0 aliphatic rings. The van der Waals surface area contributed by atoms with Crippen LogP contribution < -0.4 is 4.74 Å². The predicted octanol–water partition coefficient (Wildman–Crippen LogP) is 3.06. The van der Waals surface area contributed by atoms with Crippen LogP contribution in [0, 0.1) is 6.92 Å². The molecule has 0 radical (unpaired) electrons. The van der Waals surface area contributed by atoms with E-state index in [9.17, 15) is 4.79 Å². The van der Waals surface area contributed by atoms with Crippen molar-refractivity contribution in [3.63, 3.8) is 0 Å². The Morgan fingerprint density at radius 3 is 2.59 bits per heavy atom. The van der Waals surface area contributed by atoms with Crippen molar-refractivity contribution in [3.8, 4) is 5.75 Å². The highest BCUT2D eigenvalue weighted by Crippen LogP contribution is 2.28. The molecule has 17 heavy (non-hydrogen) atoms. The number of methoxy groups -OCH3 is 2. The molecule has 3 nitrogen and oxygen atoms in total. The zero-order valence-electron chi connectivity index (χ0n) is 10.9. The molecule has 0 aliphatic heterocycles. The molecule has 0 aliphatic carbocycles. The molecule has 94 valence electrons. The van der Waals surface area contributed by atoms with Gasteiger partial charge in [-0.3, -0.25) is 4.79 Å². The smallest absolute Gasteiger partial charge is 0.306 e. The van der Waals surface area contributed by atoms with Crippen molar-refractivity contribution in [2.45, 2.75) is 32.6 Å². The number of hydrogen-bond donors (Lipinski definition) is 0. The number of hydrogen-bond acceptors (Lipinski definition) is 3. The predicted molar refractivity (Wildman–Crippen MR) is 67.4 cm³/mol. The van der Waals surface area contributed by atoms with Gasteiger partial charge in [-0.05, 0) is 36.5 Å². The maximum Gasteiger partial charge on any atom is 0.306 e. The molecule has 0 saturated heterocycles. The molecule has 3 heteroatoms. The van der Waals surface area contributed by atoms with Crippen LogP contribution in [0.25, 0.3) is 0 Å². The molecule has 1 rings (SSSR count). The quantitative estimate of drug-likeness (QED) is 0.737. The van der Waals surface area contributed by atoms with Crippen LogP contribution in [-0.2, 0) is 9.53 Å². The molecule has 0 amide bonds. The average Bonchev–Trinajstić information content (AvgIpc) is 2.36. The highest BCUT2D eigenvalue weighted by molar-refractivity contribution is 5.70. The second-order valence-corrected chi connectivity index (χ2v) is 4.11. The van der Waals surface area contributed by atoms with Gasteiger partial charge < -0.3 is 9.47 Å². The lowest BCUT2D eigenvalue weighted by molar-refractivity contribution is -0.141. The second-order valence-electron chi connectivity index (χ2n) is 4.11. The van der Waals surface area contributed by atoms with E-state index in [1.807, 2.05) is 19.1 Å². The van der Waals surface area contributed by atoms with Gasteiger partial charge in [-0.1, -0.05) is 19.1 Å². The first kappa shape index (κ1) is 13.6. The topological polar surface area (TPSA) is 35.5 Å². The lowest BCUT2D eigenvalue weighted by atomic mass is 9.92. The Hall–Kier alpha value is -1.51. The monoisotopic (exact) mass is 236 g/mol. The number of benzene rings is 1. The van der Waals surface area contributed by atoms with Crippen molar-refractivity contribution in [3.05, 3.63) is 29.3 Å². The molecule has 1 aromatic rings. The lowest BCUT2D eigenvalue weighted by Crippen LogP contribution is -2.08. The van der Waals surface area contributed by atoms with Gasteiger partial charge >= 0.3 is 5.97 Å². The normalized spacial score (nSPS) is 12.0. The number of carbonyl (C=O) groups excluding carboxylic acids is 1. The molecule has 0 unspecified atom stereocenters. The summed E-state index contributed by atoms with van der Waals surface area (Å²) in [6.07, 6.45) is 1.32. The highest BCUT2D eigenvalue weighted by atomic mass is 16.5. The Bertz CT molecular complexity index is 385. The van der Waals surface area contributed by atoms with Crippen LogP contribution in [0.1, 0.15) is 36.8 Å². The third kappa shape index (κ3) is 3.48. The van der Waals surface area contributed by atoms with Gasteiger partial charge in [0.1, 0.15) is 5.75 Å². The van der Waals surface area contributed by atoms with Crippen LogP contribution in [0.15, 0.2) is 18.2 Å². The largest absolute Gasteiger partial charge is 0.496 e. The van der Waals surface area contributed by atoms with Gasteiger partial charge in [0.2, 0.25) is 0 Å². The van der Waals surface area contributed by atoms with Gasteiger partial charge in [-0.25, -0.2) is 0 Å². The summed E-state index contributed by atoms with van der Waals surface area (Å²) < 4.78 is 10.0. The Morgan fingerprint density at radius 2 is 2.06 bits per heavy atom. The molecular formula is C14H20O3. The van der Waals surface area contributed by atoms with Gasteiger partial charge in [0.15, 0.2) is 0 Å². The number of aryl methyl sites for hydroxylation is 1. The lowest BCUT2D eigenvalue weighted by Gasteiger charge is -2.15. The minimum atomic E-state index is -0.170. The first-order valence-corrected chi connectivity index (χ1v) is 5.83. The first-order valence-electron chi connectivity index (χ1n) is 5.83. The molecule has 0 spiro atoms. The molecule has 0 saturated carbocycles. The molecule has 0 heterocycles. The summed E-state index contributed by atoms with van der Waals surface area (Å²) in [5.41, 5.74) is 2.23. The Kier molecular flexibility index (Phi) is 5.01. The van der Waals surface area contributed by atoms with Gasteiger partial charge in [-0.2, -0.15) is 0 Å². The van der Waals surface area contributed by atoms with E-state index >= 15 is 0 Å². The van der Waals surface area contributed by atoms with E-state index in [1.165, 1.54) is 7.11 Å². The highest BCUT2D eigenvalue weighted by Gasteiger charge is 2.15. The minimum Gasteiger partial charge on any atom is -0.496 e. The second kappa shape index (κ2) is 6.28. The van der Waals surface area contributed by atoms with E-state index in [2.05, 4.69) is 13.0 Å². The number of ether oxygens (including phenoxy) is 2. The SMILES string of the molecule is CC[C@H](CC(=O)OC)c1ccc(C)c(OC)c1. The van der Waals surface area contributed by atoms with Gasteiger partial charge in [-0.15, -0.1) is 0 Å². The molecule has 1 aromatic carbocycles. The minimum absolute atomic E-state index is 0.170. The maximum atomic E-state index is 11.3. The van der Waals surface area contributed by atoms with Gasteiger partial charge in [0.25, 0.3) is 0 Å². The standard InChI is InChI=1S/C14H20O3/c1-5-11(9-14(15)17-4)12-7-6-10(2)13(8-12)16-3/h6-8,11H,5,9H2,1-4H3/t11-/m1/s1. The van der Waals surface area contributed by atoms with E-state index < -0.39 is 0 Å². The fourth-order valence-corrected chi connectivity index (χ4v) is 1.87. The Morgan fingerprint density at radius 1 is 1.35 bits per heavy atom. The van der Waals surface area contributed by atoms with E-state index in [0.29, 0.717) is 6.42 Å². The molecule has 0 bridgehead atoms. The third-order valence-electron chi connectivity index (χ3n) is 3.04.